The lowest BCUT2D eigenvalue weighted by Crippen LogP contribution is -2.26. The maximum Gasteiger partial charge on any atom is 0.230 e. The highest BCUT2D eigenvalue weighted by Crippen LogP contribution is 2.30. The Balaban J connectivity index is 1.30. The molecule has 8 heteroatoms. The first kappa shape index (κ1) is 20.0. The normalized spacial score (nSPS) is 13.2. The minimum absolute atomic E-state index is 0.0212. The van der Waals surface area contributed by atoms with E-state index in [4.69, 9.17) is 4.74 Å². The molecule has 2 aromatic heterocycles. The van der Waals surface area contributed by atoms with Gasteiger partial charge in [0.05, 0.1) is 6.42 Å². The molecule has 2 aromatic carbocycles. The number of rotatable bonds is 7. The number of nitrogens with zero attached hydrogens (tertiary/aromatic N) is 2. The minimum atomic E-state index is -0.447. The van der Waals surface area contributed by atoms with Crippen LogP contribution in [-0.4, -0.2) is 26.9 Å². The van der Waals surface area contributed by atoms with Gasteiger partial charge in [0.1, 0.15) is 0 Å². The van der Waals surface area contributed by atoms with E-state index in [2.05, 4.69) is 25.6 Å². The number of H-pyrrole nitrogens is 1. The number of hydrogen-bond donors (Lipinski definition) is 3. The van der Waals surface area contributed by atoms with Crippen LogP contribution in [-0.2, 0) is 11.2 Å². The Morgan fingerprint density at radius 2 is 2.09 bits per heavy atom. The quantitative estimate of drug-likeness (QED) is 0.392. The van der Waals surface area contributed by atoms with Gasteiger partial charge in [-0.3, -0.25) is 4.79 Å². The van der Waals surface area contributed by atoms with Crippen molar-refractivity contribution in [2.24, 2.45) is 0 Å². The van der Waals surface area contributed by atoms with Crippen LogP contribution in [0.5, 0.6) is 11.6 Å². The summed E-state index contributed by atoms with van der Waals surface area (Å²) in [6.07, 6.45) is 3.97. The van der Waals surface area contributed by atoms with Crippen molar-refractivity contribution < 1.29 is 13.9 Å². The minimum Gasteiger partial charge on any atom is -0.436 e. The topological polar surface area (TPSA) is 91.9 Å². The number of aromatic nitrogens is 3. The predicted octanol–water partition coefficient (Wildman–Crippen LogP) is 4.76. The molecule has 1 fully saturated rings. The maximum absolute atomic E-state index is 14.8. The van der Waals surface area contributed by atoms with E-state index in [1.807, 2.05) is 31.2 Å². The number of nitrogens with one attached hydrogen (secondary N) is 3. The van der Waals surface area contributed by atoms with Crippen LogP contribution < -0.4 is 15.4 Å². The number of hydrogen-bond acceptors (Lipinski definition) is 5. The van der Waals surface area contributed by atoms with Gasteiger partial charge in [0.2, 0.25) is 17.7 Å². The third kappa shape index (κ3) is 4.54. The Bertz CT molecular complexity index is 1300. The molecule has 1 saturated carbocycles. The van der Waals surface area contributed by atoms with Crippen molar-refractivity contribution in [3.05, 3.63) is 71.8 Å². The van der Waals surface area contributed by atoms with Gasteiger partial charge in [-0.2, -0.15) is 4.98 Å². The Hall–Kier alpha value is -3.94. The zero-order valence-corrected chi connectivity index (χ0v) is 17.5. The van der Waals surface area contributed by atoms with E-state index in [0.717, 1.165) is 29.8 Å². The summed E-state index contributed by atoms with van der Waals surface area (Å²) in [5, 5.41) is 6.57. The van der Waals surface area contributed by atoms with Gasteiger partial charge < -0.3 is 20.4 Å². The lowest BCUT2D eigenvalue weighted by molar-refractivity contribution is -0.120. The first-order valence-electron chi connectivity index (χ1n) is 10.5. The molecule has 0 unspecified atom stereocenters. The van der Waals surface area contributed by atoms with Crippen molar-refractivity contribution in [1.29, 1.82) is 0 Å². The highest BCUT2D eigenvalue weighted by atomic mass is 19.1. The SMILES string of the molecule is Cc1cc2c(F)c(Oc3ccnc(Nc4cccc(CC(=O)NC5CC5)c4)n3)ccc2[nH]1. The van der Waals surface area contributed by atoms with Crippen LogP contribution >= 0.6 is 0 Å². The summed E-state index contributed by atoms with van der Waals surface area (Å²) in [7, 11) is 0. The summed E-state index contributed by atoms with van der Waals surface area (Å²) in [6, 6.07) is 14.5. The molecule has 7 nitrogen and oxygen atoms in total. The molecule has 0 radical (unpaired) electrons. The zero-order chi connectivity index (χ0) is 22.1. The van der Waals surface area contributed by atoms with Crippen LogP contribution in [0.3, 0.4) is 0 Å². The first-order valence-corrected chi connectivity index (χ1v) is 10.5. The number of ether oxygens (including phenoxy) is 1. The largest absolute Gasteiger partial charge is 0.436 e. The average Bonchev–Trinajstić information content (AvgIpc) is 3.48. The monoisotopic (exact) mass is 431 g/mol. The molecule has 0 saturated heterocycles. The number of carbonyl (C=O) groups excluding carboxylic acids is 1. The van der Waals surface area contributed by atoms with Crippen molar-refractivity contribution >= 4 is 28.4 Å². The van der Waals surface area contributed by atoms with E-state index in [1.165, 1.54) is 6.20 Å². The van der Waals surface area contributed by atoms with Crippen LogP contribution in [0, 0.1) is 12.7 Å². The molecule has 0 spiro atoms. The molecule has 1 amide bonds. The number of amides is 1. The summed E-state index contributed by atoms with van der Waals surface area (Å²) in [5.41, 5.74) is 3.21. The van der Waals surface area contributed by atoms with Crippen LogP contribution in [0.25, 0.3) is 10.9 Å². The number of aromatic amines is 1. The lowest BCUT2D eigenvalue weighted by Gasteiger charge is -2.10. The van der Waals surface area contributed by atoms with Gasteiger partial charge in [0.15, 0.2) is 11.6 Å². The van der Waals surface area contributed by atoms with Crippen molar-refractivity contribution in [1.82, 2.24) is 20.3 Å². The van der Waals surface area contributed by atoms with E-state index < -0.39 is 5.82 Å². The lowest BCUT2D eigenvalue weighted by atomic mass is 10.1. The van der Waals surface area contributed by atoms with E-state index in [9.17, 15) is 9.18 Å². The second-order valence-corrected chi connectivity index (χ2v) is 7.96. The molecule has 32 heavy (non-hydrogen) atoms. The molecule has 1 aliphatic rings. The summed E-state index contributed by atoms with van der Waals surface area (Å²) in [6.45, 7) is 1.87. The number of aryl methyl sites for hydroxylation is 1. The Morgan fingerprint density at radius 1 is 1.22 bits per heavy atom. The first-order chi connectivity index (χ1) is 15.5. The molecule has 0 atom stereocenters. The second kappa shape index (κ2) is 8.30. The fourth-order valence-corrected chi connectivity index (χ4v) is 3.52. The molecule has 3 N–H and O–H groups in total. The van der Waals surface area contributed by atoms with Gasteiger partial charge in [-0.15, -0.1) is 0 Å². The van der Waals surface area contributed by atoms with Crippen LogP contribution in [0.15, 0.2) is 54.7 Å². The molecule has 0 aliphatic heterocycles. The molecular formula is C24H22FN5O2. The van der Waals surface area contributed by atoms with Crippen LogP contribution in [0.1, 0.15) is 24.1 Å². The van der Waals surface area contributed by atoms with Crippen LogP contribution in [0.2, 0.25) is 0 Å². The Labute approximate surface area is 184 Å². The van der Waals surface area contributed by atoms with E-state index in [0.29, 0.717) is 29.3 Å². The number of carbonyl (C=O) groups is 1. The maximum atomic E-state index is 14.8. The summed E-state index contributed by atoms with van der Waals surface area (Å²) in [4.78, 5) is 23.7. The smallest absolute Gasteiger partial charge is 0.230 e. The average molecular weight is 431 g/mol. The van der Waals surface area contributed by atoms with Gasteiger partial charge in [0, 0.05) is 40.6 Å². The van der Waals surface area contributed by atoms with E-state index >= 15 is 0 Å². The fourth-order valence-electron chi connectivity index (χ4n) is 3.52. The van der Waals surface area contributed by atoms with Crippen molar-refractivity contribution in [2.75, 3.05) is 5.32 Å². The highest BCUT2D eigenvalue weighted by molar-refractivity contribution is 5.83. The van der Waals surface area contributed by atoms with Gasteiger partial charge >= 0.3 is 0 Å². The van der Waals surface area contributed by atoms with Crippen LogP contribution in [0.4, 0.5) is 16.0 Å². The van der Waals surface area contributed by atoms with Crippen molar-refractivity contribution in [3.8, 4) is 11.6 Å². The molecule has 0 bridgehead atoms. The van der Waals surface area contributed by atoms with E-state index in [1.54, 1.807) is 24.3 Å². The van der Waals surface area contributed by atoms with Crippen molar-refractivity contribution in [3.63, 3.8) is 0 Å². The Kier molecular flexibility index (Phi) is 5.18. The third-order valence-corrected chi connectivity index (χ3v) is 5.17. The third-order valence-electron chi connectivity index (χ3n) is 5.17. The Morgan fingerprint density at radius 3 is 2.94 bits per heavy atom. The molecule has 162 valence electrons. The zero-order valence-electron chi connectivity index (χ0n) is 17.5. The molecule has 4 aromatic rings. The standard InChI is InChI=1S/C24H22FN5O2/c1-14-11-18-19(27-14)7-8-20(23(18)25)32-22-9-10-26-24(30-22)29-17-4-2-3-15(12-17)13-21(31)28-16-5-6-16/h2-4,7-12,16,27H,5-6,13H2,1H3,(H,28,31)(H,26,29,30). The number of fused-ring (bicyclic) bond motifs is 1. The molecular weight excluding hydrogens is 409 g/mol. The second-order valence-electron chi connectivity index (χ2n) is 7.96. The highest BCUT2D eigenvalue weighted by Gasteiger charge is 2.23. The van der Waals surface area contributed by atoms with Gasteiger partial charge in [-0.25, -0.2) is 9.37 Å². The number of anilines is 2. The van der Waals surface area contributed by atoms with Crippen molar-refractivity contribution in [2.45, 2.75) is 32.2 Å². The fraction of sp³-hybridized carbons (Fsp3) is 0.208. The molecule has 2 heterocycles. The molecule has 1 aliphatic carbocycles. The number of halogens is 1. The van der Waals surface area contributed by atoms with Gasteiger partial charge in [-0.1, -0.05) is 12.1 Å². The predicted molar refractivity (Wildman–Crippen MR) is 120 cm³/mol. The summed E-state index contributed by atoms with van der Waals surface area (Å²) >= 11 is 0. The van der Waals surface area contributed by atoms with Gasteiger partial charge in [-0.05, 0) is 55.7 Å². The summed E-state index contributed by atoms with van der Waals surface area (Å²) in [5.74, 6) is 0.184. The van der Waals surface area contributed by atoms with Gasteiger partial charge in [0.25, 0.3) is 0 Å². The summed E-state index contributed by atoms with van der Waals surface area (Å²) < 4.78 is 20.5. The molecule has 5 rings (SSSR count). The van der Waals surface area contributed by atoms with E-state index in [-0.39, 0.29) is 17.5 Å². The number of benzene rings is 2.